The van der Waals surface area contributed by atoms with Crippen LogP contribution < -0.4 is 0 Å². The highest BCUT2D eigenvalue weighted by Crippen LogP contribution is 2.70. The Kier molecular flexibility index (Phi) is 12.5. The molecule has 6 fully saturated rings. The lowest BCUT2D eigenvalue weighted by Crippen LogP contribution is -2.71. The Morgan fingerprint density at radius 2 is 1.45 bits per heavy atom. The molecule has 2 aliphatic heterocycles. The summed E-state index contributed by atoms with van der Waals surface area (Å²) in [5.74, 6) is -0.899. The molecule has 2 heterocycles. The van der Waals surface area contributed by atoms with Gasteiger partial charge in [0.1, 0.15) is 36.6 Å². The van der Waals surface area contributed by atoms with E-state index in [0.29, 0.717) is 25.7 Å². The van der Waals surface area contributed by atoms with Gasteiger partial charge in [0.25, 0.3) is 0 Å². The van der Waals surface area contributed by atoms with Gasteiger partial charge in [-0.3, -0.25) is 0 Å². The highest BCUT2D eigenvalue weighted by atomic mass is 16.7. The number of rotatable bonds is 12. The first kappa shape index (κ1) is 41.8. The number of ether oxygens (including phenoxy) is 5. The summed E-state index contributed by atoms with van der Waals surface area (Å²) in [5, 5.41) is 97.9. The lowest BCUT2D eigenvalue weighted by atomic mass is 9.41. The van der Waals surface area contributed by atoms with Gasteiger partial charge < -0.3 is 69.6 Å². The Morgan fingerprint density at radius 1 is 0.811 bits per heavy atom. The van der Waals surface area contributed by atoms with Crippen LogP contribution in [0.4, 0.5) is 0 Å². The smallest absolute Gasteiger partial charge is 0.187 e. The monoisotopic (exact) mass is 758 g/mol. The molecule has 14 heteroatoms. The van der Waals surface area contributed by atoms with Crippen LogP contribution in [-0.2, 0) is 23.7 Å². The van der Waals surface area contributed by atoms with Gasteiger partial charge in [-0.1, -0.05) is 26.3 Å². The van der Waals surface area contributed by atoms with E-state index in [1.807, 2.05) is 13.8 Å². The molecular weight excluding hydrogens is 692 g/mol. The molecule has 6 aliphatic rings. The molecule has 4 saturated carbocycles. The van der Waals surface area contributed by atoms with E-state index < -0.39 is 110 Å². The third-order valence-corrected chi connectivity index (χ3v) is 15.2. The number of hydrogen-bond donors (Lipinski definition) is 9. The number of hydrogen-bond acceptors (Lipinski definition) is 14. The van der Waals surface area contributed by atoms with Crippen molar-refractivity contribution in [2.45, 2.75) is 165 Å². The first-order valence-electron chi connectivity index (χ1n) is 19.7. The number of allylic oxidation sites excluding steroid dienone is 1. The van der Waals surface area contributed by atoms with Crippen molar-refractivity contribution >= 4 is 0 Å². The van der Waals surface area contributed by atoms with Gasteiger partial charge in [-0.15, -0.1) is 0 Å². The summed E-state index contributed by atoms with van der Waals surface area (Å²) in [7, 11) is 1.42. The van der Waals surface area contributed by atoms with Crippen LogP contribution in [0.1, 0.15) is 86.0 Å². The topological polar surface area (TPSA) is 228 Å². The minimum absolute atomic E-state index is 0.0442. The Labute approximate surface area is 313 Å². The maximum atomic E-state index is 12.8. The van der Waals surface area contributed by atoms with E-state index in [1.54, 1.807) is 0 Å². The van der Waals surface area contributed by atoms with Crippen molar-refractivity contribution in [3.63, 3.8) is 0 Å². The molecule has 0 radical (unpaired) electrons. The van der Waals surface area contributed by atoms with Gasteiger partial charge in [0.05, 0.1) is 49.8 Å². The summed E-state index contributed by atoms with van der Waals surface area (Å²) < 4.78 is 28.5. The summed E-state index contributed by atoms with van der Waals surface area (Å²) in [6.07, 6.45) is -6.93. The fourth-order valence-electron chi connectivity index (χ4n) is 12.2. The van der Waals surface area contributed by atoms with Crippen molar-refractivity contribution in [1.82, 2.24) is 0 Å². The minimum atomic E-state index is -1.33. The van der Waals surface area contributed by atoms with Gasteiger partial charge >= 0.3 is 0 Å². The predicted molar refractivity (Wildman–Crippen MR) is 189 cm³/mol. The van der Waals surface area contributed by atoms with Gasteiger partial charge in [-0.2, -0.15) is 0 Å². The van der Waals surface area contributed by atoms with Crippen molar-refractivity contribution in [3.8, 4) is 0 Å². The summed E-state index contributed by atoms with van der Waals surface area (Å²) in [6.45, 7) is 9.88. The number of methoxy groups -OCH3 is 1. The van der Waals surface area contributed by atoms with E-state index in [-0.39, 0.29) is 36.2 Å². The molecule has 0 aromatic rings. The van der Waals surface area contributed by atoms with Gasteiger partial charge in [-0.05, 0) is 93.0 Å². The molecule has 0 bridgehead atoms. The Balaban J connectivity index is 1.11. The zero-order valence-electron chi connectivity index (χ0n) is 32.2. The maximum Gasteiger partial charge on any atom is 0.187 e. The van der Waals surface area contributed by atoms with Gasteiger partial charge in [0.15, 0.2) is 12.6 Å². The van der Waals surface area contributed by atoms with E-state index in [1.165, 1.54) is 7.11 Å². The van der Waals surface area contributed by atoms with Crippen LogP contribution in [0.25, 0.3) is 0 Å². The predicted octanol–water partition coefficient (Wildman–Crippen LogP) is 0.359. The molecule has 0 spiro atoms. The van der Waals surface area contributed by atoms with Crippen molar-refractivity contribution in [3.05, 3.63) is 11.1 Å². The third kappa shape index (κ3) is 7.09. The van der Waals surface area contributed by atoms with Crippen LogP contribution in [0.3, 0.4) is 0 Å². The van der Waals surface area contributed by atoms with Crippen LogP contribution in [0.2, 0.25) is 0 Å². The SMILES string of the molecule is CO[C@H]1[C@@H](O[C@@H]2CC[C@@]3(C)[C@@H]([C@H]2O)[C@H](O)C[C@@]2(O)[C@H]3CC[C@]3(C)[C@@H]([C@H](C)CC/C(C)=C(/C)CO[C@H]4O[C@H](CO)[C@@H](O)[C@H]4O)C[C@@H](O)[C@@H]32)O[C@@H](CO)[C@H]1O. The average Bonchev–Trinajstić information content (AvgIpc) is 3.68. The summed E-state index contributed by atoms with van der Waals surface area (Å²) in [5.41, 5.74) is -0.185. The fraction of sp³-hybridized carbons (Fsp3) is 0.949. The lowest BCUT2D eigenvalue weighted by Gasteiger charge is -2.66. The Bertz CT molecular complexity index is 1300. The van der Waals surface area contributed by atoms with E-state index in [0.717, 1.165) is 30.4 Å². The molecule has 20 atom stereocenters. The van der Waals surface area contributed by atoms with Crippen LogP contribution in [0.5, 0.6) is 0 Å². The second-order valence-electron chi connectivity index (χ2n) is 18.0. The van der Waals surface area contributed by atoms with Crippen LogP contribution in [0, 0.1) is 40.4 Å². The van der Waals surface area contributed by atoms with Crippen molar-refractivity contribution in [2.75, 3.05) is 26.9 Å². The van der Waals surface area contributed by atoms with Gasteiger partial charge in [-0.25, -0.2) is 0 Å². The number of fused-ring (bicyclic) bond motifs is 5. The quantitative estimate of drug-likeness (QED) is 0.123. The molecule has 4 aliphatic carbocycles. The van der Waals surface area contributed by atoms with Crippen LogP contribution in [-0.4, -0.2) is 152 Å². The fourth-order valence-corrected chi connectivity index (χ4v) is 12.2. The molecule has 14 nitrogen and oxygen atoms in total. The second-order valence-corrected chi connectivity index (χ2v) is 18.0. The van der Waals surface area contributed by atoms with E-state index >= 15 is 0 Å². The summed E-state index contributed by atoms with van der Waals surface area (Å²) >= 11 is 0. The third-order valence-electron chi connectivity index (χ3n) is 15.2. The zero-order valence-corrected chi connectivity index (χ0v) is 32.2. The van der Waals surface area contributed by atoms with Gasteiger partial charge in [0.2, 0.25) is 0 Å². The zero-order chi connectivity index (χ0) is 38.8. The van der Waals surface area contributed by atoms with Crippen molar-refractivity contribution in [1.29, 1.82) is 0 Å². The maximum absolute atomic E-state index is 12.8. The molecule has 9 N–H and O–H groups in total. The standard InChI is InChI=1S/C39H66O14/c1-18(20(3)17-50-35-32(47)30(45)25(15-40)52-35)7-8-19(2)21-13-22(42)34-37(21,4)12-10-27-38(5)11-9-24(29(44)28(38)23(43)14-39(27,34)48)51-36-33(49-6)31(46)26(16-41)53-36/h19,21-36,40-48H,7-17H2,1-6H3/b20-18-/t19-,21-,22-,23-,24-,25-,26+,27+,28-,29+,30-,31-,32-,33-,34+,35+,36+,37-,38-,39-/m1/s1. The first-order valence-corrected chi connectivity index (χ1v) is 19.7. The van der Waals surface area contributed by atoms with Gasteiger partial charge in [0, 0.05) is 25.4 Å². The first-order chi connectivity index (χ1) is 25.0. The molecule has 0 unspecified atom stereocenters. The summed E-state index contributed by atoms with van der Waals surface area (Å²) in [6, 6.07) is 0. The molecular formula is C39H66O14. The lowest BCUT2D eigenvalue weighted by molar-refractivity contribution is -0.296. The second kappa shape index (κ2) is 15.8. The number of aliphatic hydroxyl groups is 9. The molecule has 0 aromatic heterocycles. The largest absolute Gasteiger partial charge is 0.394 e. The van der Waals surface area contributed by atoms with Crippen molar-refractivity contribution in [2.24, 2.45) is 40.4 Å². The summed E-state index contributed by atoms with van der Waals surface area (Å²) in [4.78, 5) is 0. The molecule has 0 aromatic carbocycles. The van der Waals surface area contributed by atoms with E-state index in [4.69, 9.17) is 23.7 Å². The molecule has 306 valence electrons. The highest BCUT2D eigenvalue weighted by molar-refractivity contribution is 5.21. The van der Waals surface area contributed by atoms with E-state index in [2.05, 4.69) is 20.8 Å². The molecule has 6 rings (SSSR count). The van der Waals surface area contributed by atoms with E-state index in [9.17, 15) is 46.0 Å². The Hall–Kier alpha value is -0.820. The van der Waals surface area contributed by atoms with Crippen LogP contribution in [0.15, 0.2) is 11.1 Å². The molecule has 2 saturated heterocycles. The number of aliphatic hydroxyl groups excluding tert-OH is 8. The van der Waals surface area contributed by atoms with Crippen LogP contribution >= 0.6 is 0 Å². The molecule has 0 amide bonds. The average molecular weight is 759 g/mol. The van der Waals surface area contributed by atoms with Crippen molar-refractivity contribution < 1.29 is 69.6 Å². The minimum Gasteiger partial charge on any atom is -0.394 e. The highest BCUT2D eigenvalue weighted by Gasteiger charge is 2.72. The molecule has 53 heavy (non-hydrogen) atoms. The Morgan fingerprint density at radius 3 is 2.09 bits per heavy atom. The normalized spacial score (nSPS) is 52.1.